The van der Waals surface area contributed by atoms with Gasteiger partial charge in [-0.1, -0.05) is 25.5 Å². The molecule has 0 aromatic heterocycles. The van der Waals surface area contributed by atoms with Crippen LogP contribution in [0.15, 0.2) is 10.3 Å². The zero-order chi connectivity index (χ0) is 13.3. The Labute approximate surface area is 106 Å². The maximum atomic E-state index is 4.08. The highest BCUT2D eigenvalue weighted by atomic mass is 15.7. The van der Waals surface area contributed by atoms with Crippen molar-refractivity contribution in [1.29, 1.82) is 0 Å². The molecule has 17 heavy (non-hydrogen) atoms. The van der Waals surface area contributed by atoms with Gasteiger partial charge in [-0.25, -0.2) is 10.5 Å². The molecule has 2 atom stereocenters. The van der Waals surface area contributed by atoms with E-state index in [1.165, 1.54) is 19.3 Å². The second-order valence-electron chi connectivity index (χ2n) is 5.07. The minimum Gasteiger partial charge on any atom is -0.283 e. The number of hydrogen-bond donors (Lipinski definition) is 1. The number of rotatable bonds is 9. The first-order valence-electron chi connectivity index (χ1n) is 6.47. The molecule has 0 saturated carbocycles. The fraction of sp³-hybridized carbons (Fsp3) is 1.00. The van der Waals surface area contributed by atoms with E-state index in [1.54, 1.807) is 5.01 Å². The number of nitrogens with zero attached hydrogens (tertiary/aromatic N) is 4. The van der Waals surface area contributed by atoms with Crippen molar-refractivity contribution in [2.45, 2.75) is 46.1 Å². The summed E-state index contributed by atoms with van der Waals surface area (Å²) in [6, 6.07) is 0.558. The molecule has 0 rings (SSSR count). The minimum atomic E-state index is 0.558. The molecule has 0 amide bonds. The van der Waals surface area contributed by atoms with Gasteiger partial charge in [0.05, 0.1) is 0 Å². The highest BCUT2D eigenvalue weighted by molar-refractivity contribution is 4.63. The smallest absolute Gasteiger partial charge is 0.114 e. The van der Waals surface area contributed by atoms with Crippen LogP contribution >= 0.6 is 0 Å². The van der Waals surface area contributed by atoms with Crippen LogP contribution in [0.4, 0.5) is 0 Å². The molecule has 0 radical (unpaired) electrons. The summed E-state index contributed by atoms with van der Waals surface area (Å²) in [6.07, 6.45) is 3.78. The lowest BCUT2D eigenvalue weighted by Crippen LogP contribution is -2.30. The van der Waals surface area contributed by atoms with Crippen LogP contribution in [0.1, 0.15) is 40.0 Å². The van der Waals surface area contributed by atoms with E-state index in [0.717, 1.165) is 5.92 Å². The van der Waals surface area contributed by atoms with Crippen LogP contribution < -0.4 is 5.53 Å². The van der Waals surface area contributed by atoms with Crippen LogP contribution in [0, 0.1) is 5.92 Å². The SMILES string of the molecule is CCC(C)CCC(C)N(C)C/N=N\NN(C)C. The van der Waals surface area contributed by atoms with Crippen molar-refractivity contribution in [2.24, 2.45) is 16.3 Å². The van der Waals surface area contributed by atoms with Crippen LogP contribution in [-0.2, 0) is 0 Å². The highest BCUT2D eigenvalue weighted by Crippen LogP contribution is 2.13. The summed E-state index contributed by atoms with van der Waals surface area (Å²) >= 11 is 0. The van der Waals surface area contributed by atoms with E-state index >= 15 is 0 Å². The fourth-order valence-corrected chi connectivity index (χ4v) is 1.34. The summed E-state index contributed by atoms with van der Waals surface area (Å²) in [6.45, 7) is 7.45. The standard InChI is InChI=1S/C12H29N5/c1-7-11(2)8-9-12(3)17(6)10-13-14-15-16(4)5/h11-12H,7-10H2,1-6H3,(H,13,15). The second kappa shape index (κ2) is 9.36. The van der Waals surface area contributed by atoms with E-state index in [1.807, 2.05) is 14.1 Å². The second-order valence-corrected chi connectivity index (χ2v) is 5.07. The number of hydrogen-bond acceptors (Lipinski definition) is 4. The lowest BCUT2D eigenvalue weighted by atomic mass is 10.00. The average molecular weight is 243 g/mol. The zero-order valence-corrected chi connectivity index (χ0v) is 12.3. The van der Waals surface area contributed by atoms with Gasteiger partial charge in [-0.2, -0.15) is 5.11 Å². The Kier molecular flexibility index (Phi) is 8.99. The summed E-state index contributed by atoms with van der Waals surface area (Å²) in [4.78, 5) is 2.23. The summed E-state index contributed by atoms with van der Waals surface area (Å²) in [5.74, 6) is 0.822. The van der Waals surface area contributed by atoms with E-state index < -0.39 is 0 Å². The molecule has 0 aliphatic rings. The number of nitrogens with one attached hydrogen (secondary N) is 1. The van der Waals surface area contributed by atoms with E-state index in [2.05, 4.69) is 48.6 Å². The molecule has 0 heterocycles. The first-order chi connectivity index (χ1) is 7.97. The third-order valence-electron chi connectivity index (χ3n) is 3.13. The third kappa shape index (κ3) is 9.06. The van der Waals surface area contributed by atoms with Crippen molar-refractivity contribution >= 4 is 0 Å². The Balaban J connectivity index is 3.73. The van der Waals surface area contributed by atoms with Crippen molar-refractivity contribution in [2.75, 3.05) is 27.8 Å². The Morgan fingerprint density at radius 1 is 1.12 bits per heavy atom. The minimum absolute atomic E-state index is 0.558. The predicted octanol–water partition coefficient (Wildman–Crippen LogP) is 2.52. The molecule has 1 N–H and O–H groups in total. The van der Waals surface area contributed by atoms with Gasteiger partial charge in [-0.05, 0) is 32.7 Å². The Bertz CT molecular complexity index is 205. The van der Waals surface area contributed by atoms with E-state index in [-0.39, 0.29) is 0 Å². The Hall–Kier alpha value is -0.680. The molecule has 0 spiro atoms. The summed E-state index contributed by atoms with van der Waals surface area (Å²) in [7, 11) is 5.87. The molecular weight excluding hydrogens is 214 g/mol. The van der Waals surface area contributed by atoms with Gasteiger partial charge < -0.3 is 0 Å². The lowest BCUT2D eigenvalue weighted by Gasteiger charge is -2.23. The van der Waals surface area contributed by atoms with Crippen molar-refractivity contribution in [3.05, 3.63) is 0 Å². The highest BCUT2D eigenvalue weighted by Gasteiger charge is 2.09. The number of hydrazine groups is 1. The molecule has 0 aromatic rings. The van der Waals surface area contributed by atoms with Crippen LogP contribution in [-0.4, -0.2) is 43.8 Å². The van der Waals surface area contributed by atoms with E-state index in [9.17, 15) is 0 Å². The van der Waals surface area contributed by atoms with Gasteiger partial charge in [0.25, 0.3) is 0 Å². The van der Waals surface area contributed by atoms with Crippen molar-refractivity contribution in [3.63, 3.8) is 0 Å². The van der Waals surface area contributed by atoms with Gasteiger partial charge in [0.2, 0.25) is 0 Å². The van der Waals surface area contributed by atoms with Crippen molar-refractivity contribution in [3.8, 4) is 0 Å². The fourth-order valence-electron chi connectivity index (χ4n) is 1.34. The van der Waals surface area contributed by atoms with E-state index in [4.69, 9.17) is 0 Å². The summed E-state index contributed by atoms with van der Waals surface area (Å²) < 4.78 is 0. The third-order valence-corrected chi connectivity index (χ3v) is 3.13. The molecule has 0 aliphatic heterocycles. The monoisotopic (exact) mass is 243 g/mol. The lowest BCUT2D eigenvalue weighted by molar-refractivity contribution is 0.226. The van der Waals surface area contributed by atoms with Gasteiger partial charge in [0, 0.05) is 20.1 Å². The molecule has 0 aromatic carbocycles. The average Bonchev–Trinajstić information content (AvgIpc) is 2.30. The molecule has 5 nitrogen and oxygen atoms in total. The molecule has 102 valence electrons. The molecule has 5 heteroatoms. The normalized spacial score (nSPS) is 15.8. The molecule has 0 fully saturated rings. The van der Waals surface area contributed by atoms with Gasteiger partial charge in [-0.15, -0.1) is 0 Å². The largest absolute Gasteiger partial charge is 0.283 e. The van der Waals surface area contributed by atoms with Gasteiger partial charge in [-0.3, -0.25) is 4.90 Å². The van der Waals surface area contributed by atoms with Gasteiger partial charge >= 0.3 is 0 Å². The maximum absolute atomic E-state index is 4.08. The Morgan fingerprint density at radius 3 is 2.29 bits per heavy atom. The van der Waals surface area contributed by atoms with E-state index in [0.29, 0.717) is 12.7 Å². The quantitative estimate of drug-likeness (QED) is 0.500. The maximum Gasteiger partial charge on any atom is 0.114 e. The predicted molar refractivity (Wildman–Crippen MR) is 72.5 cm³/mol. The first kappa shape index (κ1) is 16.3. The topological polar surface area (TPSA) is 43.2 Å². The van der Waals surface area contributed by atoms with Crippen molar-refractivity contribution in [1.82, 2.24) is 15.4 Å². The molecular formula is C12H29N5. The summed E-state index contributed by atoms with van der Waals surface area (Å²) in [5, 5.41) is 9.70. The van der Waals surface area contributed by atoms with Gasteiger partial charge in [0.15, 0.2) is 0 Å². The molecule has 0 saturated heterocycles. The Morgan fingerprint density at radius 2 is 1.76 bits per heavy atom. The van der Waals surface area contributed by atoms with Crippen LogP contribution in [0.3, 0.4) is 0 Å². The van der Waals surface area contributed by atoms with Gasteiger partial charge in [0.1, 0.15) is 6.67 Å². The first-order valence-corrected chi connectivity index (χ1v) is 6.47. The molecule has 2 unspecified atom stereocenters. The van der Waals surface area contributed by atoms with Crippen LogP contribution in [0.5, 0.6) is 0 Å². The van der Waals surface area contributed by atoms with Crippen LogP contribution in [0.2, 0.25) is 0 Å². The summed E-state index contributed by atoms with van der Waals surface area (Å²) in [5.41, 5.74) is 2.76. The van der Waals surface area contributed by atoms with Crippen molar-refractivity contribution < 1.29 is 0 Å². The molecule has 0 bridgehead atoms. The zero-order valence-electron chi connectivity index (χ0n) is 12.3. The van der Waals surface area contributed by atoms with Crippen LogP contribution in [0.25, 0.3) is 0 Å². The molecule has 0 aliphatic carbocycles.